The van der Waals surface area contributed by atoms with Gasteiger partial charge in [-0.2, -0.15) is 0 Å². The highest BCUT2D eigenvalue weighted by atomic mass is 19.1. The molecule has 0 aliphatic rings. The van der Waals surface area contributed by atoms with E-state index in [-0.39, 0.29) is 24.3 Å². The van der Waals surface area contributed by atoms with E-state index >= 15 is 0 Å². The molecule has 0 fully saturated rings. The molecule has 1 aromatic rings. The molecule has 3 nitrogen and oxygen atoms in total. The Morgan fingerprint density at radius 2 is 2.24 bits per heavy atom. The molecule has 0 heterocycles. The Morgan fingerprint density at radius 1 is 1.53 bits per heavy atom. The first-order valence-corrected chi connectivity index (χ1v) is 5.77. The van der Waals surface area contributed by atoms with Crippen molar-refractivity contribution in [3.05, 3.63) is 35.6 Å². The van der Waals surface area contributed by atoms with Crippen LogP contribution < -0.4 is 5.32 Å². The molecule has 0 bridgehead atoms. The van der Waals surface area contributed by atoms with Crippen molar-refractivity contribution in [2.24, 2.45) is 0 Å². The zero-order valence-corrected chi connectivity index (χ0v) is 10.5. The lowest BCUT2D eigenvalue weighted by molar-refractivity contribution is -0.128. The average Bonchev–Trinajstić information content (AvgIpc) is 2.34. The van der Waals surface area contributed by atoms with Gasteiger partial charge in [-0.25, -0.2) is 4.39 Å². The molecule has 1 amide bonds. The molecule has 0 saturated carbocycles. The van der Waals surface area contributed by atoms with Crippen LogP contribution in [0.2, 0.25) is 0 Å². The first-order valence-electron chi connectivity index (χ1n) is 5.77. The highest BCUT2D eigenvalue weighted by Gasteiger charge is 2.10. The molecule has 4 heteroatoms. The van der Waals surface area contributed by atoms with Crippen LogP contribution >= 0.6 is 0 Å². The summed E-state index contributed by atoms with van der Waals surface area (Å²) in [5.74, 6) is -0.219. The van der Waals surface area contributed by atoms with E-state index in [2.05, 4.69) is 5.32 Å². The van der Waals surface area contributed by atoms with Crippen LogP contribution in [0, 0.1) is 5.82 Å². The van der Waals surface area contributed by atoms with Gasteiger partial charge in [0.2, 0.25) is 5.91 Å². The molecule has 1 atom stereocenters. The van der Waals surface area contributed by atoms with Crippen molar-refractivity contribution in [2.75, 3.05) is 20.1 Å². The maximum absolute atomic E-state index is 13.0. The molecular formula is C13H19FN2O. The molecular weight excluding hydrogens is 219 g/mol. The molecule has 1 rings (SSSR count). The highest BCUT2D eigenvalue weighted by Crippen LogP contribution is 2.12. The van der Waals surface area contributed by atoms with Crippen LogP contribution in [-0.4, -0.2) is 30.9 Å². The highest BCUT2D eigenvalue weighted by molar-refractivity contribution is 5.77. The van der Waals surface area contributed by atoms with Crippen molar-refractivity contribution in [2.45, 2.75) is 19.9 Å². The Bertz CT molecular complexity index is 381. The van der Waals surface area contributed by atoms with Crippen LogP contribution in [-0.2, 0) is 4.79 Å². The molecule has 0 spiro atoms. The van der Waals surface area contributed by atoms with Crippen LogP contribution in [0.3, 0.4) is 0 Å². The monoisotopic (exact) mass is 238 g/mol. The maximum Gasteiger partial charge on any atom is 0.236 e. The molecule has 94 valence electrons. The van der Waals surface area contributed by atoms with Crippen molar-refractivity contribution in [1.29, 1.82) is 0 Å². The van der Waals surface area contributed by atoms with Crippen LogP contribution in [0.5, 0.6) is 0 Å². The minimum absolute atomic E-state index is 0.0377. The van der Waals surface area contributed by atoms with E-state index in [1.165, 1.54) is 12.1 Å². The van der Waals surface area contributed by atoms with Gasteiger partial charge < -0.3 is 10.2 Å². The molecule has 0 saturated heterocycles. The predicted octanol–water partition coefficient (Wildman–Crippen LogP) is 1.95. The number of likely N-dealkylation sites (N-methyl/N-ethyl adjacent to an activating group) is 1. The van der Waals surface area contributed by atoms with Gasteiger partial charge >= 0.3 is 0 Å². The van der Waals surface area contributed by atoms with Gasteiger partial charge in [0.1, 0.15) is 5.82 Å². The Labute approximate surface area is 102 Å². The maximum atomic E-state index is 13.0. The van der Waals surface area contributed by atoms with Crippen molar-refractivity contribution in [3.63, 3.8) is 0 Å². The van der Waals surface area contributed by atoms with E-state index in [1.54, 1.807) is 18.0 Å². The summed E-state index contributed by atoms with van der Waals surface area (Å²) in [4.78, 5) is 13.2. The standard InChI is InChI=1S/C13H19FN2O/c1-4-16(3)13(17)9-15-10(2)11-6-5-7-12(14)8-11/h5-8,10,15H,4,9H2,1-3H3/t10-/m1/s1. The fraction of sp³-hybridized carbons (Fsp3) is 0.462. The van der Waals surface area contributed by atoms with Gasteiger partial charge in [0.15, 0.2) is 0 Å². The van der Waals surface area contributed by atoms with E-state index in [4.69, 9.17) is 0 Å². The van der Waals surface area contributed by atoms with Crippen molar-refractivity contribution >= 4 is 5.91 Å². The molecule has 0 radical (unpaired) electrons. The number of carbonyl (C=O) groups is 1. The van der Waals surface area contributed by atoms with Gasteiger partial charge in [-0.05, 0) is 31.5 Å². The first kappa shape index (κ1) is 13.6. The summed E-state index contributed by atoms with van der Waals surface area (Å²) < 4.78 is 13.0. The summed E-state index contributed by atoms with van der Waals surface area (Å²) in [6.07, 6.45) is 0. The third-order valence-electron chi connectivity index (χ3n) is 2.81. The van der Waals surface area contributed by atoms with Crippen LogP contribution in [0.25, 0.3) is 0 Å². The van der Waals surface area contributed by atoms with E-state index < -0.39 is 0 Å². The van der Waals surface area contributed by atoms with Gasteiger partial charge in [-0.3, -0.25) is 4.79 Å². The average molecular weight is 238 g/mol. The zero-order valence-electron chi connectivity index (χ0n) is 10.5. The van der Waals surface area contributed by atoms with E-state index in [0.29, 0.717) is 6.54 Å². The number of amides is 1. The van der Waals surface area contributed by atoms with Crippen LogP contribution in [0.1, 0.15) is 25.5 Å². The number of halogens is 1. The number of nitrogens with one attached hydrogen (secondary N) is 1. The van der Waals surface area contributed by atoms with E-state index in [9.17, 15) is 9.18 Å². The van der Waals surface area contributed by atoms with Crippen molar-refractivity contribution in [3.8, 4) is 0 Å². The lowest BCUT2D eigenvalue weighted by atomic mass is 10.1. The summed E-state index contributed by atoms with van der Waals surface area (Å²) >= 11 is 0. The summed E-state index contributed by atoms with van der Waals surface area (Å²) in [7, 11) is 1.76. The second-order valence-electron chi connectivity index (χ2n) is 4.07. The van der Waals surface area contributed by atoms with E-state index in [1.807, 2.05) is 19.9 Å². The number of rotatable bonds is 5. The molecule has 1 N–H and O–H groups in total. The zero-order chi connectivity index (χ0) is 12.8. The second kappa shape index (κ2) is 6.35. The SMILES string of the molecule is CCN(C)C(=O)CN[C@H](C)c1cccc(F)c1. The molecule has 0 aliphatic heterocycles. The fourth-order valence-corrected chi connectivity index (χ4v) is 1.45. The van der Waals surface area contributed by atoms with E-state index in [0.717, 1.165) is 5.56 Å². The third-order valence-corrected chi connectivity index (χ3v) is 2.81. The van der Waals surface area contributed by atoms with Crippen molar-refractivity contribution in [1.82, 2.24) is 10.2 Å². The smallest absolute Gasteiger partial charge is 0.236 e. The Hall–Kier alpha value is -1.42. The van der Waals surface area contributed by atoms with Crippen LogP contribution in [0.15, 0.2) is 24.3 Å². The summed E-state index contributed by atoms with van der Waals surface area (Å²) in [6.45, 7) is 4.79. The normalized spacial score (nSPS) is 12.2. The molecule has 0 aliphatic carbocycles. The number of benzene rings is 1. The molecule has 0 aromatic heterocycles. The number of hydrogen-bond acceptors (Lipinski definition) is 2. The Morgan fingerprint density at radius 3 is 2.82 bits per heavy atom. The lowest BCUT2D eigenvalue weighted by Crippen LogP contribution is -2.36. The van der Waals surface area contributed by atoms with Crippen LogP contribution in [0.4, 0.5) is 4.39 Å². The summed E-state index contributed by atoms with van der Waals surface area (Å²) in [5.41, 5.74) is 0.844. The number of hydrogen-bond donors (Lipinski definition) is 1. The Balaban J connectivity index is 2.50. The Kier molecular flexibility index (Phi) is 5.10. The van der Waals surface area contributed by atoms with Gasteiger partial charge in [-0.15, -0.1) is 0 Å². The minimum atomic E-state index is -0.256. The van der Waals surface area contributed by atoms with Gasteiger partial charge in [0.25, 0.3) is 0 Å². The largest absolute Gasteiger partial charge is 0.345 e. The first-order chi connectivity index (χ1) is 8.04. The fourth-order valence-electron chi connectivity index (χ4n) is 1.45. The van der Waals surface area contributed by atoms with Gasteiger partial charge in [0, 0.05) is 19.6 Å². The number of carbonyl (C=O) groups excluding carboxylic acids is 1. The third kappa shape index (κ3) is 4.15. The minimum Gasteiger partial charge on any atom is -0.345 e. The van der Waals surface area contributed by atoms with Gasteiger partial charge in [0.05, 0.1) is 6.54 Å². The topological polar surface area (TPSA) is 32.3 Å². The lowest BCUT2D eigenvalue weighted by Gasteiger charge is -2.18. The quantitative estimate of drug-likeness (QED) is 0.850. The van der Waals surface area contributed by atoms with Gasteiger partial charge in [-0.1, -0.05) is 12.1 Å². The molecule has 17 heavy (non-hydrogen) atoms. The summed E-state index contributed by atoms with van der Waals surface area (Å²) in [5, 5.41) is 3.08. The summed E-state index contributed by atoms with van der Waals surface area (Å²) in [6, 6.07) is 6.36. The molecule has 0 unspecified atom stereocenters. The molecule has 1 aromatic carbocycles. The predicted molar refractivity (Wildman–Crippen MR) is 66.1 cm³/mol. The number of nitrogens with zero attached hydrogens (tertiary/aromatic N) is 1. The second-order valence-corrected chi connectivity index (χ2v) is 4.07. The van der Waals surface area contributed by atoms with Crippen molar-refractivity contribution < 1.29 is 9.18 Å².